The predicted octanol–water partition coefficient (Wildman–Crippen LogP) is 5.08. The third kappa shape index (κ3) is 5.28. The number of ether oxygens (including phenoxy) is 2. The van der Waals surface area contributed by atoms with Gasteiger partial charge in [-0.1, -0.05) is 55.1 Å². The van der Waals surface area contributed by atoms with E-state index >= 15 is 0 Å². The van der Waals surface area contributed by atoms with Crippen LogP contribution in [0.2, 0.25) is 5.02 Å². The number of hydrogen-bond acceptors (Lipinski definition) is 5. The number of nitrogens with one attached hydrogen (secondary N) is 2. The van der Waals surface area contributed by atoms with Crippen molar-refractivity contribution in [2.24, 2.45) is 0 Å². The summed E-state index contributed by atoms with van der Waals surface area (Å²) in [7, 11) is 1.55. The predicted molar refractivity (Wildman–Crippen MR) is 121 cm³/mol. The third-order valence-corrected chi connectivity index (χ3v) is 5.60. The second-order valence-corrected chi connectivity index (χ2v) is 7.86. The molecule has 1 amide bonds. The summed E-state index contributed by atoms with van der Waals surface area (Å²) >= 11 is 7.76. The molecule has 1 fully saturated rings. The SMILES string of the molecule is C=CCOc1c(Cl)cc(/C=C2\S[C@H](Nc3ccc(CC)cc3)NC2=O)cc1OC. The normalized spacial score (nSPS) is 17.1. The van der Waals surface area contributed by atoms with E-state index in [0.717, 1.165) is 17.7 Å². The Morgan fingerprint density at radius 2 is 2.07 bits per heavy atom. The molecule has 0 unspecified atom stereocenters. The molecule has 3 rings (SSSR count). The largest absolute Gasteiger partial charge is 0.493 e. The maximum absolute atomic E-state index is 12.4. The Balaban J connectivity index is 1.75. The van der Waals surface area contributed by atoms with Crippen LogP contribution in [0.5, 0.6) is 11.5 Å². The molecule has 0 spiro atoms. The van der Waals surface area contributed by atoms with Gasteiger partial charge >= 0.3 is 0 Å². The van der Waals surface area contributed by atoms with Gasteiger partial charge in [0.2, 0.25) is 0 Å². The van der Waals surface area contributed by atoms with E-state index in [1.807, 2.05) is 12.1 Å². The highest BCUT2D eigenvalue weighted by atomic mass is 35.5. The van der Waals surface area contributed by atoms with Crippen LogP contribution in [0.3, 0.4) is 0 Å². The Bertz CT molecular complexity index is 928. The molecule has 29 heavy (non-hydrogen) atoms. The van der Waals surface area contributed by atoms with Crippen LogP contribution in [0.4, 0.5) is 5.69 Å². The Hall–Kier alpha value is -2.57. The van der Waals surface area contributed by atoms with Crippen LogP contribution in [-0.4, -0.2) is 25.1 Å². The van der Waals surface area contributed by atoms with E-state index in [2.05, 4.69) is 36.3 Å². The molecule has 1 heterocycles. The van der Waals surface area contributed by atoms with Crippen LogP contribution in [-0.2, 0) is 11.2 Å². The molecule has 1 aliphatic heterocycles. The quantitative estimate of drug-likeness (QED) is 0.452. The smallest absolute Gasteiger partial charge is 0.260 e. The molecular formula is C22H23ClN2O3S. The average molecular weight is 431 g/mol. The van der Waals surface area contributed by atoms with Gasteiger partial charge in [0.25, 0.3) is 5.91 Å². The van der Waals surface area contributed by atoms with Crippen molar-refractivity contribution in [3.8, 4) is 11.5 Å². The maximum atomic E-state index is 12.4. The Kier molecular flexibility index (Phi) is 7.12. The highest BCUT2D eigenvalue weighted by Crippen LogP contribution is 2.38. The molecule has 1 aliphatic rings. The average Bonchev–Trinajstić information content (AvgIpc) is 3.06. The molecule has 1 atom stereocenters. The van der Waals surface area contributed by atoms with Gasteiger partial charge in [-0.15, -0.1) is 0 Å². The number of rotatable bonds is 8. The minimum atomic E-state index is -0.242. The van der Waals surface area contributed by atoms with E-state index in [1.165, 1.54) is 17.3 Å². The Labute approximate surface area is 180 Å². The van der Waals surface area contributed by atoms with Crippen LogP contribution in [0.1, 0.15) is 18.1 Å². The van der Waals surface area contributed by atoms with Crippen LogP contribution < -0.4 is 20.1 Å². The van der Waals surface area contributed by atoms with Crippen molar-refractivity contribution in [3.63, 3.8) is 0 Å². The first-order valence-electron chi connectivity index (χ1n) is 9.20. The van der Waals surface area contributed by atoms with E-state index in [9.17, 15) is 4.79 Å². The van der Waals surface area contributed by atoms with E-state index in [0.29, 0.717) is 28.0 Å². The van der Waals surface area contributed by atoms with Crippen molar-refractivity contribution >= 4 is 41.0 Å². The van der Waals surface area contributed by atoms with Crippen molar-refractivity contribution in [2.75, 3.05) is 19.0 Å². The molecule has 0 aliphatic carbocycles. The van der Waals surface area contributed by atoms with E-state index < -0.39 is 0 Å². The van der Waals surface area contributed by atoms with Crippen molar-refractivity contribution < 1.29 is 14.3 Å². The second-order valence-electron chi connectivity index (χ2n) is 6.31. The van der Waals surface area contributed by atoms with Crippen molar-refractivity contribution in [2.45, 2.75) is 18.8 Å². The standard InChI is InChI=1S/C22H23ClN2O3S/c1-4-10-28-20-17(23)11-15(12-18(20)27-3)13-19-21(26)25-22(29-19)24-16-8-6-14(5-2)7-9-16/h4,6-9,11-13,22,24H,1,5,10H2,2-3H3,(H,25,26)/b19-13-/t22-/m1/s1. The molecule has 2 N–H and O–H groups in total. The van der Waals surface area contributed by atoms with Crippen LogP contribution >= 0.6 is 23.4 Å². The molecule has 2 aromatic carbocycles. The summed E-state index contributed by atoms with van der Waals surface area (Å²) in [5.74, 6) is 0.815. The lowest BCUT2D eigenvalue weighted by atomic mass is 10.1. The minimum absolute atomic E-state index is 0.139. The molecule has 1 saturated heterocycles. The number of halogens is 1. The molecule has 7 heteroatoms. The summed E-state index contributed by atoms with van der Waals surface area (Å²) in [6.45, 7) is 6.07. The van der Waals surface area contributed by atoms with Crippen molar-refractivity contribution in [1.29, 1.82) is 0 Å². The lowest BCUT2D eigenvalue weighted by molar-refractivity contribution is -0.116. The zero-order chi connectivity index (χ0) is 20.8. The number of amides is 1. The summed E-state index contributed by atoms with van der Waals surface area (Å²) in [6, 6.07) is 11.7. The van der Waals surface area contributed by atoms with Gasteiger partial charge in [-0.3, -0.25) is 4.79 Å². The van der Waals surface area contributed by atoms with Gasteiger partial charge in [-0.25, -0.2) is 0 Å². The van der Waals surface area contributed by atoms with Crippen molar-refractivity contribution in [3.05, 3.63) is 70.1 Å². The minimum Gasteiger partial charge on any atom is -0.493 e. The van der Waals surface area contributed by atoms with Crippen LogP contribution in [0.25, 0.3) is 6.08 Å². The van der Waals surface area contributed by atoms with Gasteiger partial charge in [0.15, 0.2) is 17.0 Å². The summed E-state index contributed by atoms with van der Waals surface area (Å²) in [6.07, 6.45) is 4.41. The first-order valence-corrected chi connectivity index (χ1v) is 10.5. The number of anilines is 1. The number of benzene rings is 2. The molecule has 5 nitrogen and oxygen atoms in total. The van der Waals surface area contributed by atoms with Gasteiger partial charge in [-0.2, -0.15) is 0 Å². The van der Waals surface area contributed by atoms with Gasteiger partial charge in [-0.05, 0) is 47.9 Å². The van der Waals surface area contributed by atoms with E-state index in [1.54, 1.807) is 31.4 Å². The van der Waals surface area contributed by atoms with E-state index in [4.69, 9.17) is 21.1 Å². The van der Waals surface area contributed by atoms with Gasteiger partial charge < -0.3 is 20.1 Å². The lowest BCUT2D eigenvalue weighted by Crippen LogP contribution is -2.30. The summed E-state index contributed by atoms with van der Waals surface area (Å²) in [5.41, 5.74) is 2.73. The number of hydrogen-bond donors (Lipinski definition) is 2. The topological polar surface area (TPSA) is 59.6 Å². The molecule has 152 valence electrons. The van der Waals surface area contributed by atoms with Gasteiger partial charge in [0.05, 0.1) is 17.0 Å². The van der Waals surface area contributed by atoms with Crippen molar-refractivity contribution in [1.82, 2.24) is 5.32 Å². The molecule has 0 bridgehead atoms. The molecule has 0 saturated carbocycles. The first kappa shape index (κ1) is 21.1. The number of aryl methyl sites for hydroxylation is 1. The number of methoxy groups -OCH3 is 1. The third-order valence-electron chi connectivity index (χ3n) is 4.29. The van der Waals surface area contributed by atoms with E-state index in [-0.39, 0.29) is 11.4 Å². The zero-order valence-corrected chi connectivity index (χ0v) is 17.9. The number of carbonyl (C=O) groups is 1. The van der Waals surface area contributed by atoms with Crippen LogP contribution in [0.15, 0.2) is 54.0 Å². The summed E-state index contributed by atoms with van der Waals surface area (Å²) < 4.78 is 10.9. The molecular weight excluding hydrogens is 408 g/mol. The lowest BCUT2D eigenvalue weighted by Gasteiger charge is -2.13. The highest BCUT2D eigenvalue weighted by molar-refractivity contribution is 8.05. The highest BCUT2D eigenvalue weighted by Gasteiger charge is 2.27. The Morgan fingerprint density at radius 1 is 1.31 bits per heavy atom. The fourth-order valence-electron chi connectivity index (χ4n) is 2.81. The zero-order valence-electron chi connectivity index (χ0n) is 16.3. The monoisotopic (exact) mass is 430 g/mol. The van der Waals surface area contributed by atoms with Gasteiger partial charge in [0, 0.05) is 5.69 Å². The fraction of sp³-hybridized carbons (Fsp3) is 0.227. The fourth-order valence-corrected chi connectivity index (χ4v) is 4.07. The molecule has 2 aromatic rings. The van der Waals surface area contributed by atoms with Gasteiger partial charge in [0.1, 0.15) is 6.61 Å². The molecule has 0 aromatic heterocycles. The summed E-state index contributed by atoms with van der Waals surface area (Å²) in [5, 5.41) is 6.65. The Morgan fingerprint density at radius 3 is 2.72 bits per heavy atom. The number of carbonyl (C=O) groups excluding carboxylic acids is 1. The first-order chi connectivity index (χ1) is 14.0. The summed E-state index contributed by atoms with van der Waals surface area (Å²) in [4.78, 5) is 13.0. The van der Waals surface area contributed by atoms with Crippen LogP contribution in [0, 0.1) is 0 Å². The number of thioether (sulfide) groups is 1. The maximum Gasteiger partial charge on any atom is 0.260 e. The second kappa shape index (κ2) is 9.76. The molecule has 0 radical (unpaired) electrons.